The Bertz CT molecular complexity index is 281. The molecule has 1 radical (unpaired) electrons. The zero-order valence-electron chi connectivity index (χ0n) is 13.0. The maximum Gasteiger partial charge on any atom is 0.164 e. The van der Waals surface area contributed by atoms with Gasteiger partial charge in [0.05, 0.1) is 11.2 Å². The van der Waals surface area contributed by atoms with Gasteiger partial charge in [-0.15, -0.1) is 0 Å². The van der Waals surface area contributed by atoms with Gasteiger partial charge in [0.25, 0.3) is 0 Å². The van der Waals surface area contributed by atoms with Crippen LogP contribution in [0.25, 0.3) is 0 Å². The second kappa shape index (κ2) is 5.10. The summed E-state index contributed by atoms with van der Waals surface area (Å²) < 4.78 is 11.8. The fourth-order valence-corrected chi connectivity index (χ4v) is 2.85. The monoisotopic (exact) mass is 257 g/mol. The van der Waals surface area contributed by atoms with E-state index in [4.69, 9.17) is 9.47 Å². The molecule has 1 aliphatic heterocycles. The molecule has 2 atom stereocenters. The molecule has 1 heterocycles. The lowest BCUT2D eigenvalue weighted by Crippen LogP contribution is -2.53. The summed E-state index contributed by atoms with van der Waals surface area (Å²) in [6, 6.07) is 0. The van der Waals surface area contributed by atoms with Gasteiger partial charge in [0, 0.05) is 5.92 Å². The first kappa shape index (κ1) is 15.9. The highest BCUT2D eigenvalue weighted by Gasteiger charge is 2.56. The third-order valence-electron chi connectivity index (χ3n) is 3.82. The fourth-order valence-electron chi connectivity index (χ4n) is 2.85. The van der Waals surface area contributed by atoms with Crippen LogP contribution in [0.3, 0.4) is 0 Å². The SMILES string of the molecule is CCCC[C](C)C(C)(O)[C@@H]1OC(C)(C)OC1(C)C. The van der Waals surface area contributed by atoms with Crippen LogP contribution in [0.15, 0.2) is 0 Å². The molecular formula is C15H29O3. The molecule has 18 heavy (non-hydrogen) atoms. The smallest absolute Gasteiger partial charge is 0.164 e. The first-order valence-corrected chi connectivity index (χ1v) is 6.96. The highest BCUT2D eigenvalue weighted by atomic mass is 16.8. The van der Waals surface area contributed by atoms with Gasteiger partial charge in [0.2, 0.25) is 0 Å². The lowest BCUT2D eigenvalue weighted by atomic mass is 9.77. The number of rotatable bonds is 5. The summed E-state index contributed by atoms with van der Waals surface area (Å²) in [7, 11) is 0. The van der Waals surface area contributed by atoms with E-state index < -0.39 is 17.0 Å². The molecule has 1 aliphatic rings. The van der Waals surface area contributed by atoms with E-state index in [-0.39, 0.29) is 6.10 Å². The van der Waals surface area contributed by atoms with Crippen LogP contribution < -0.4 is 0 Å². The third kappa shape index (κ3) is 3.25. The maximum atomic E-state index is 10.8. The van der Waals surface area contributed by atoms with Gasteiger partial charge in [0.1, 0.15) is 6.10 Å². The summed E-state index contributed by atoms with van der Waals surface area (Å²) in [4.78, 5) is 0. The molecule has 1 N–H and O–H groups in total. The van der Waals surface area contributed by atoms with E-state index in [1.54, 1.807) is 0 Å². The van der Waals surface area contributed by atoms with Gasteiger partial charge in [0.15, 0.2) is 5.79 Å². The van der Waals surface area contributed by atoms with Crippen molar-refractivity contribution in [1.29, 1.82) is 0 Å². The third-order valence-corrected chi connectivity index (χ3v) is 3.82. The molecule has 0 spiro atoms. The molecule has 0 bridgehead atoms. The normalized spacial score (nSPS) is 29.5. The minimum atomic E-state index is -0.952. The Morgan fingerprint density at radius 2 is 1.83 bits per heavy atom. The van der Waals surface area contributed by atoms with Gasteiger partial charge in [-0.25, -0.2) is 0 Å². The van der Waals surface area contributed by atoms with E-state index in [1.807, 2.05) is 41.5 Å². The molecule has 0 aromatic heterocycles. The lowest BCUT2D eigenvalue weighted by Gasteiger charge is -2.39. The predicted molar refractivity (Wildman–Crippen MR) is 73.2 cm³/mol. The van der Waals surface area contributed by atoms with E-state index in [9.17, 15) is 5.11 Å². The van der Waals surface area contributed by atoms with Crippen molar-refractivity contribution in [2.24, 2.45) is 0 Å². The Balaban J connectivity index is 2.84. The van der Waals surface area contributed by atoms with E-state index in [1.165, 1.54) is 0 Å². The van der Waals surface area contributed by atoms with Crippen LogP contribution in [0.2, 0.25) is 0 Å². The van der Waals surface area contributed by atoms with Gasteiger partial charge in [-0.1, -0.05) is 26.7 Å². The minimum absolute atomic E-state index is 0.336. The average molecular weight is 257 g/mol. The number of hydrogen-bond acceptors (Lipinski definition) is 3. The Morgan fingerprint density at radius 3 is 2.22 bits per heavy atom. The van der Waals surface area contributed by atoms with Crippen molar-refractivity contribution in [3.8, 4) is 0 Å². The van der Waals surface area contributed by atoms with Crippen LogP contribution in [0.4, 0.5) is 0 Å². The van der Waals surface area contributed by atoms with Crippen molar-refractivity contribution in [3.63, 3.8) is 0 Å². The first-order chi connectivity index (χ1) is 8.03. The van der Waals surface area contributed by atoms with Gasteiger partial charge in [-0.2, -0.15) is 0 Å². The topological polar surface area (TPSA) is 38.7 Å². The van der Waals surface area contributed by atoms with E-state index in [0.717, 1.165) is 25.2 Å². The number of aliphatic hydroxyl groups is 1. The molecular weight excluding hydrogens is 228 g/mol. The van der Waals surface area contributed by atoms with Crippen molar-refractivity contribution in [1.82, 2.24) is 0 Å². The minimum Gasteiger partial charge on any atom is -0.387 e. The molecule has 0 aliphatic carbocycles. The van der Waals surface area contributed by atoms with E-state index in [2.05, 4.69) is 6.92 Å². The van der Waals surface area contributed by atoms with Crippen LogP contribution >= 0.6 is 0 Å². The zero-order valence-corrected chi connectivity index (χ0v) is 13.0. The second-order valence-corrected chi connectivity index (χ2v) is 6.63. The second-order valence-electron chi connectivity index (χ2n) is 6.63. The molecule has 1 unspecified atom stereocenters. The summed E-state index contributed by atoms with van der Waals surface area (Å²) in [5.41, 5.74) is -1.44. The number of unbranched alkanes of at least 4 members (excludes halogenated alkanes) is 1. The molecule has 107 valence electrons. The molecule has 0 aromatic rings. The largest absolute Gasteiger partial charge is 0.387 e. The number of hydrogen-bond donors (Lipinski definition) is 1. The summed E-state index contributed by atoms with van der Waals surface area (Å²) in [6.07, 6.45) is 2.82. The average Bonchev–Trinajstić information content (AvgIpc) is 2.43. The van der Waals surface area contributed by atoms with Crippen LogP contribution in [0.5, 0.6) is 0 Å². The quantitative estimate of drug-likeness (QED) is 0.820. The van der Waals surface area contributed by atoms with Gasteiger partial charge >= 0.3 is 0 Å². The van der Waals surface area contributed by atoms with Crippen molar-refractivity contribution >= 4 is 0 Å². The van der Waals surface area contributed by atoms with Gasteiger partial charge in [-0.3, -0.25) is 0 Å². The molecule has 0 saturated carbocycles. The van der Waals surface area contributed by atoms with Crippen LogP contribution in [0.1, 0.15) is 67.7 Å². The lowest BCUT2D eigenvalue weighted by molar-refractivity contribution is -0.169. The molecule has 1 fully saturated rings. The van der Waals surface area contributed by atoms with Gasteiger partial charge < -0.3 is 14.6 Å². The maximum absolute atomic E-state index is 10.8. The molecule has 0 amide bonds. The van der Waals surface area contributed by atoms with Crippen LogP contribution in [-0.2, 0) is 9.47 Å². The van der Waals surface area contributed by atoms with E-state index in [0.29, 0.717) is 0 Å². The Morgan fingerprint density at radius 1 is 1.28 bits per heavy atom. The van der Waals surface area contributed by atoms with Crippen LogP contribution in [-0.4, -0.2) is 28.2 Å². The summed E-state index contributed by atoms with van der Waals surface area (Å²) in [6.45, 7) is 13.8. The highest BCUT2D eigenvalue weighted by molar-refractivity contribution is 5.13. The molecule has 1 saturated heterocycles. The molecule has 0 aromatic carbocycles. The molecule has 3 heteroatoms. The van der Waals surface area contributed by atoms with Crippen molar-refractivity contribution in [2.75, 3.05) is 0 Å². The Hall–Kier alpha value is -0.120. The molecule has 1 rings (SSSR count). The van der Waals surface area contributed by atoms with Crippen LogP contribution in [0, 0.1) is 5.92 Å². The molecule has 3 nitrogen and oxygen atoms in total. The zero-order chi connectivity index (χ0) is 14.2. The van der Waals surface area contributed by atoms with Gasteiger partial charge in [-0.05, 0) is 41.0 Å². The van der Waals surface area contributed by atoms with E-state index >= 15 is 0 Å². The summed E-state index contributed by atoms with van der Waals surface area (Å²) >= 11 is 0. The summed E-state index contributed by atoms with van der Waals surface area (Å²) in [5, 5.41) is 10.8. The van der Waals surface area contributed by atoms with Crippen molar-refractivity contribution in [3.05, 3.63) is 5.92 Å². The summed E-state index contributed by atoms with van der Waals surface area (Å²) in [5.74, 6) is 0.437. The standard InChI is InChI=1S/C15H29O3/c1-8-9-10-11(2)15(7,16)12-13(3,4)18-14(5,6)17-12/h12,16H,8-10H2,1-7H3/t12-,15?/m1/s1. The Kier molecular flexibility index (Phi) is 4.52. The number of ether oxygens (including phenoxy) is 2. The highest BCUT2D eigenvalue weighted by Crippen LogP contribution is 2.44. The predicted octanol–water partition coefficient (Wildman–Crippen LogP) is 3.45. The van der Waals surface area contributed by atoms with Crippen molar-refractivity contribution < 1.29 is 14.6 Å². The van der Waals surface area contributed by atoms with Crippen molar-refractivity contribution in [2.45, 2.75) is 90.8 Å². The fraction of sp³-hybridized carbons (Fsp3) is 0.933. The first-order valence-electron chi connectivity index (χ1n) is 6.96. The Labute approximate surface area is 112 Å².